The number of aromatic nitrogens is 1. The van der Waals surface area contributed by atoms with Crippen LogP contribution in [0.3, 0.4) is 0 Å². The van der Waals surface area contributed by atoms with Crippen LogP contribution >= 0.6 is 0 Å². The predicted octanol–water partition coefficient (Wildman–Crippen LogP) is 0.706. The molecule has 4 N–H and O–H groups in total. The van der Waals surface area contributed by atoms with E-state index in [2.05, 4.69) is 10.3 Å². The van der Waals surface area contributed by atoms with Gasteiger partial charge in [0.25, 0.3) is 5.91 Å². The van der Waals surface area contributed by atoms with E-state index in [0.717, 1.165) is 48.7 Å². The van der Waals surface area contributed by atoms with Crippen molar-refractivity contribution in [3.63, 3.8) is 0 Å². The van der Waals surface area contributed by atoms with Crippen LogP contribution in [0.1, 0.15) is 55.1 Å². The number of carbonyl (C=O) groups is 2. The average Bonchev–Trinajstić information content (AvgIpc) is 3.16. The Balaban J connectivity index is 1.45. The number of hydrogen-bond donors (Lipinski definition) is 4. The van der Waals surface area contributed by atoms with E-state index in [1.165, 1.54) is 44.1 Å². The molecule has 1 amide bonds. The second kappa shape index (κ2) is 9.40. The van der Waals surface area contributed by atoms with Crippen molar-refractivity contribution in [1.82, 2.24) is 4.98 Å². The maximum absolute atomic E-state index is 13.2. The van der Waals surface area contributed by atoms with Gasteiger partial charge in [0, 0.05) is 10.9 Å². The lowest BCUT2D eigenvalue weighted by molar-refractivity contribution is -1.03. The number of carbonyl (C=O) groups excluding carboxylic acids is 2. The normalized spacial score (nSPS) is 23.5. The molecule has 2 heterocycles. The first kappa shape index (κ1) is 21.8. The van der Waals surface area contributed by atoms with Gasteiger partial charge >= 0.3 is 5.97 Å². The Kier molecular flexibility index (Phi) is 6.62. The summed E-state index contributed by atoms with van der Waals surface area (Å²) in [6, 6.07) is 6.53. The summed E-state index contributed by atoms with van der Waals surface area (Å²) in [6.07, 6.45) is 6.85. The molecule has 1 saturated heterocycles. The van der Waals surface area contributed by atoms with E-state index in [1.54, 1.807) is 4.90 Å². The van der Waals surface area contributed by atoms with Crippen LogP contribution in [0.2, 0.25) is 0 Å². The van der Waals surface area contributed by atoms with Crippen molar-refractivity contribution >= 4 is 28.5 Å². The fraction of sp³-hybridized carbons (Fsp3) is 0.583. The first-order chi connectivity index (χ1) is 15.0. The van der Waals surface area contributed by atoms with Crippen molar-refractivity contribution in [3.8, 4) is 0 Å². The van der Waals surface area contributed by atoms with Crippen molar-refractivity contribution < 1.29 is 24.1 Å². The number of amides is 1. The molecule has 0 bridgehead atoms. The molecular weight excluding hydrogens is 392 g/mol. The van der Waals surface area contributed by atoms with Crippen LogP contribution in [0, 0.1) is 6.92 Å². The monoisotopic (exact) mass is 428 g/mol. The summed E-state index contributed by atoms with van der Waals surface area (Å²) in [5.74, 6) is -0.530. The number of aryl methyl sites for hydroxylation is 1. The van der Waals surface area contributed by atoms with E-state index in [9.17, 15) is 9.59 Å². The highest BCUT2D eigenvalue weighted by atomic mass is 16.5. The summed E-state index contributed by atoms with van der Waals surface area (Å²) in [5.41, 5.74) is 2.70. The highest BCUT2D eigenvalue weighted by Gasteiger charge is 2.35. The van der Waals surface area contributed by atoms with Crippen LogP contribution in [0.4, 0.5) is 5.69 Å². The molecule has 1 aliphatic carbocycles. The maximum Gasteiger partial charge on any atom is 0.356 e. The molecule has 2 aromatic rings. The van der Waals surface area contributed by atoms with Gasteiger partial charge in [0.2, 0.25) is 0 Å². The SMILES string of the molecule is COC(=O)c1[nH]c2ccc(C)cc2c1NC(=O)[C@H](C)[NH+]1CC[NH+](C2CCCCC2)CC1. The molecule has 0 unspecified atom stereocenters. The van der Waals surface area contributed by atoms with E-state index >= 15 is 0 Å². The van der Waals surface area contributed by atoms with Crippen LogP contribution in [0.25, 0.3) is 10.9 Å². The van der Waals surface area contributed by atoms with Crippen LogP contribution in [0.15, 0.2) is 18.2 Å². The van der Waals surface area contributed by atoms with Gasteiger partial charge < -0.3 is 24.8 Å². The van der Waals surface area contributed by atoms with Gasteiger partial charge in [-0.1, -0.05) is 18.1 Å². The molecule has 2 fully saturated rings. The fourth-order valence-electron chi connectivity index (χ4n) is 5.35. The molecule has 168 valence electrons. The molecule has 1 saturated carbocycles. The lowest BCUT2D eigenvalue weighted by atomic mass is 9.94. The van der Waals surface area contributed by atoms with E-state index in [0.29, 0.717) is 11.4 Å². The molecule has 1 aromatic heterocycles. The topological polar surface area (TPSA) is 80.1 Å². The third-order valence-corrected chi connectivity index (χ3v) is 7.31. The molecule has 2 aliphatic rings. The minimum atomic E-state index is -0.478. The van der Waals surface area contributed by atoms with Crippen LogP contribution in [-0.4, -0.2) is 62.2 Å². The van der Waals surface area contributed by atoms with Gasteiger partial charge in [0.15, 0.2) is 6.04 Å². The lowest BCUT2D eigenvalue weighted by Crippen LogP contribution is -3.31. The molecule has 1 atom stereocenters. The third kappa shape index (κ3) is 4.62. The zero-order valence-electron chi connectivity index (χ0n) is 19.0. The molecule has 1 aromatic carbocycles. The molecule has 31 heavy (non-hydrogen) atoms. The molecule has 0 spiro atoms. The summed E-state index contributed by atoms with van der Waals surface area (Å²) in [4.78, 5) is 31.7. The van der Waals surface area contributed by atoms with Gasteiger partial charge in [0.05, 0.1) is 18.8 Å². The Bertz CT molecular complexity index is 940. The first-order valence-corrected chi connectivity index (χ1v) is 11.7. The predicted molar refractivity (Wildman–Crippen MR) is 121 cm³/mol. The summed E-state index contributed by atoms with van der Waals surface area (Å²) in [6.45, 7) is 8.29. The fourth-order valence-corrected chi connectivity index (χ4v) is 5.35. The highest BCUT2D eigenvalue weighted by molar-refractivity contribution is 6.11. The minimum Gasteiger partial charge on any atom is -0.464 e. The van der Waals surface area contributed by atoms with Crippen molar-refractivity contribution in [2.75, 3.05) is 38.6 Å². The summed E-state index contributed by atoms with van der Waals surface area (Å²) < 4.78 is 4.94. The number of aromatic amines is 1. The van der Waals surface area contributed by atoms with Crippen molar-refractivity contribution in [3.05, 3.63) is 29.5 Å². The number of piperazine rings is 1. The molecule has 1 aliphatic heterocycles. The third-order valence-electron chi connectivity index (χ3n) is 7.31. The number of nitrogens with one attached hydrogen (secondary N) is 4. The number of rotatable bonds is 5. The highest BCUT2D eigenvalue weighted by Crippen LogP contribution is 2.29. The van der Waals surface area contributed by atoms with Gasteiger partial charge in [0.1, 0.15) is 31.9 Å². The number of anilines is 1. The Hall–Kier alpha value is -2.38. The smallest absolute Gasteiger partial charge is 0.356 e. The number of quaternary nitrogens is 2. The summed E-state index contributed by atoms with van der Waals surface area (Å²) >= 11 is 0. The number of methoxy groups -OCH3 is 1. The van der Waals surface area contributed by atoms with Crippen LogP contribution in [-0.2, 0) is 9.53 Å². The number of hydrogen-bond acceptors (Lipinski definition) is 3. The summed E-state index contributed by atoms with van der Waals surface area (Å²) in [7, 11) is 1.35. The Labute approximate surface area is 184 Å². The van der Waals surface area contributed by atoms with Crippen LogP contribution < -0.4 is 15.1 Å². The zero-order chi connectivity index (χ0) is 22.0. The lowest BCUT2D eigenvalue weighted by Gasteiger charge is -2.37. The number of H-pyrrole nitrogens is 1. The number of ether oxygens (including phenoxy) is 1. The Morgan fingerprint density at radius 3 is 2.52 bits per heavy atom. The second-order valence-electron chi connectivity index (χ2n) is 9.28. The van der Waals surface area contributed by atoms with Crippen molar-refractivity contribution in [2.45, 2.75) is 58.0 Å². The summed E-state index contributed by atoms with van der Waals surface area (Å²) in [5, 5.41) is 3.88. The maximum atomic E-state index is 13.2. The van der Waals surface area contributed by atoms with Gasteiger partial charge in [-0.25, -0.2) is 4.79 Å². The average molecular weight is 429 g/mol. The quantitative estimate of drug-likeness (QED) is 0.530. The van der Waals surface area contributed by atoms with Gasteiger partial charge in [-0.3, -0.25) is 4.79 Å². The largest absolute Gasteiger partial charge is 0.464 e. The van der Waals surface area contributed by atoms with Crippen LogP contribution in [0.5, 0.6) is 0 Å². The van der Waals surface area contributed by atoms with Crippen molar-refractivity contribution in [2.24, 2.45) is 0 Å². The zero-order valence-corrected chi connectivity index (χ0v) is 19.0. The first-order valence-electron chi connectivity index (χ1n) is 11.7. The molecule has 4 rings (SSSR count). The number of fused-ring (bicyclic) bond motifs is 1. The van der Waals surface area contributed by atoms with E-state index in [-0.39, 0.29) is 11.9 Å². The Morgan fingerprint density at radius 2 is 1.84 bits per heavy atom. The van der Waals surface area contributed by atoms with E-state index in [1.807, 2.05) is 32.0 Å². The molecular formula is C24H36N4O3+2. The van der Waals surface area contributed by atoms with Gasteiger partial charge in [-0.15, -0.1) is 0 Å². The Morgan fingerprint density at radius 1 is 1.13 bits per heavy atom. The number of benzene rings is 1. The minimum absolute atomic E-state index is 0.0522. The molecule has 7 nitrogen and oxygen atoms in total. The standard InChI is InChI=1S/C24H34N4O3/c1-16-9-10-20-19(15-16)21(22(25-20)24(30)31-3)26-23(29)17(2)27-11-13-28(14-12-27)18-7-5-4-6-8-18/h9-10,15,17-18,25H,4-8,11-14H2,1-3H3,(H,26,29)/p+2/t17-/m0/s1. The van der Waals surface area contributed by atoms with Gasteiger partial charge in [-0.2, -0.15) is 0 Å². The van der Waals surface area contributed by atoms with E-state index in [4.69, 9.17) is 4.74 Å². The van der Waals surface area contributed by atoms with E-state index < -0.39 is 5.97 Å². The van der Waals surface area contributed by atoms with Gasteiger partial charge in [-0.05, 0) is 51.7 Å². The number of esters is 1. The molecule has 7 heteroatoms. The second-order valence-corrected chi connectivity index (χ2v) is 9.28. The molecule has 0 radical (unpaired) electrons. The van der Waals surface area contributed by atoms with Crippen molar-refractivity contribution in [1.29, 1.82) is 0 Å².